The summed E-state index contributed by atoms with van der Waals surface area (Å²) < 4.78 is 43.6. The Kier molecular flexibility index (Phi) is 7.91. The fourth-order valence-electron chi connectivity index (χ4n) is 3.78. The second kappa shape index (κ2) is 10.2. The van der Waals surface area contributed by atoms with Crippen molar-refractivity contribution in [3.8, 4) is 0 Å². The quantitative estimate of drug-likeness (QED) is 0.412. The summed E-state index contributed by atoms with van der Waals surface area (Å²) in [6.45, 7) is 4.31. The third-order valence-electron chi connectivity index (χ3n) is 5.44. The smallest absolute Gasteiger partial charge is 0.373 e. The maximum absolute atomic E-state index is 14.5. The van der Waals surface area contributed by atoms with Crippen LogP contribution in [-0.2, 0) is 10.4 Å². The summed E-state index contributed by atoms with van der Waals surface area (Å²) in [6, 6.07) is 8.57. The highest BCUT2D eigenvalue weighted by Crippen LogP contribution is 2.53. The lowest BCUT2D eigenvalue weighted by Crippen LogP contribution is -2.51. The predicted octanol–water partition coefficient (Wildman–Crippen LogP) is 6.76. The van der Waals surface area contributed by atoms with Gasteiger partial charge in [-0.05, 0) is 55.5 Å². The van der Waals surface area contributed by atoms with Crippen LogP contribution in [0.3, 0.4) is 0 Å². The molecule has 1 aliphatic heterocycles. The first-order valence-electron chi connectivity index (χ1n) is 10.3. The first-order chi connectivity index (χ1) is 15.5. The van der Waals surface area contributed by atoms with E-state index in [1.807, 2.05) is 6.92 Å². The van der Waals surface area contributed by atoms with Gasteiger partial charge in [-0.2, -0.15) is 24.9 Å². The van der Waals surface area contributed by atoms with Crippen LogP contribution in [0.25, 0.3) is 0 Å². The Balaban J connectivity index is 2.00. The topological polar surface area (TPSA) is 50.7 Å². The molecule has 2 aromatic carbocycles. The highest BCUT2D eigenvalue weighted by atomic mass is 35.5. The Morgan fingerprint density at radius 2 is 1.88 bits per heavy atom. The third kappa shape index (κ3) is 4.98. The van der Waals surface area contributed by atoms with Crippen molar-refractivity contribution in [3.63, 3.8) is 0 Å². The molecule has 0 bridgehead atoms. The van der Waals surface area contributed by atoms with Gasteiger partial charge >= 0.3 is 6.18 Å². The first-order valence-corrected chi connectivity index (χ1v) is 12.3. The lowest BCUT2D eigenvalue weighted by atomic mass is 9.85. The molecule has 10 heteroatoms. The predicted molar refractivity (Wildman–Crippen MR) is 128 cm³/mol. The molecule has 1 aliphatic rings. The van der Waals surface area contributed by atoms with E-state index in [0.29, 0.717) is 23.2 Å². The van der Waals surface area contributed by atoms with Gasteiger partial charge in [0, 0.05) is 33.3 Å². The monoisotopic (exact) mass is 518 g/mol. The molecule has 178 valence electrons. The lowest BCUT2D eigenvalue weighted by Gasteiger charge is -2.34. The van der Waals surface area contributed by atoms with E-state index in [1.54, 1.807) is 31.4 Å². The van der Waals surface area contributed by atoms with Crippen LogP contribution in [-0.4, -0.2) is 35.8 Å². The summed E-state index contributed by atoms with van der Waals surface area (Å²) in [5, 5.41) is 5.62. The fraction of sp³-hybridized carbons (Fsp3) is 0.391. The van der Waals surface area contributed by atoms with E-state index in [4.69, 9.17) is 28.0 Å². The lowest BCUT2D eigenvalue weighted by molar-refractivity contribution is -0.273. The SMILES string of the molecule is CCCCNC(=O)c1ccc(C2=NOC(c3cc(Cl)cc(Cl)c3)(C(F)(F)F)C2SC)cc1C. The average Bonchev–Trinajstić information content (AvgIpc) is 3.14. The van der Waals surface area contributed by atoms with E-state index in [-0.39, 0.29) is 27.2 Å². The van der Waals surface area contributed by atoms with Crippen molar-refractivity contribution in [1.82, 2.24) is 5.32 Å². The van der Waals surface area contributed by atoms with Gasteiger partial charge in [-0.3, -0.25) is 4.79 Å². The van der Waals surface area contributed by atoms with Crippen LogP contribution >= 0.6 is 35.0 Å². The molecule has 33 heavy (non-hydrogen) atoms. The van der Waals surface area contributed by atoms with E-state index in [9.17, 15) is 18.0 Å². The molecule has 1 N–H and O–H groups in total. The maximum atomic E-state index is 14.5. The Morgan fingerprint density at radius 3 is 2.42 bits per heavy atom. The van der Waals surface area contributed by atoms with Crippen LogP contribution < -0.4 is 5.32 Å². The minimum atomic E-state index is -4.81. The molecule has 1 amide bonds. The number of amides is 1. The van der Waals surface area contributed by atoms with Crippen molar-refractivity contribution in [2.45, 2.75) is 43.7 Å². The van der Waals surface area contributed by atoms with Crippen molar-refractivity contribution in [2.75, 3.05) is 12.8 Å². The van der Waals surface area contributed by atoms with Crippen molar-refractivity contribution in [2.24, 2.45) is 5.16 Å². The summed E-state index contributed by atoms with van der Waals surface area (Å²) in [6.07, 6.45) is -1.44. The van der Waals surface area contributed by atoms with Crippen molar-refractivity contribution in [3.05, 3.63) is 68.7 Å². The van der Waals surface area contributed by atoms with Crippen LogP contribution in [0, 0.1) is 6.92 Å². The van der Waals surface area contributed by atoms with Crippen LogP contribution in [0.5, 0.6) is 0 Å². The summed E-state index contributed by atoms with van der Waals surface area (Å²) in [4.78, 5) is 17.6. The number of thioether (sulfide) groups is 1. The highest BCUT2D eigenvalue weighted by molar-refractivity contribution is 8.00. The molecular formula is C23H23Cl2F3N2O2S. The number of alkyl halides is 3. The van der Waals surface area contributed by atoms with Gasteiger partial charge in [-0.25, -0.2) is 0 Å². The minimum absolute atomic E-state index is 0.0623. The van der Waals surface area contributed by atoms with Gasteiger partial charge in [-0.15, -0.1) is 0 Å². The van der Waals surface area contributed by atoms with Gasteiger partial charge in [-0.1, -0.05) is 47.8 Å². The standard InChI is InChI=1S/C23H23Cl2F3N2O2S/c1-4-5-8-29-21(31)18-7-6-14(9-13(18)2)19-20(33-3)22(32-30-19,23(26,27)28)15-10-16(24)12-17(25)11-15/h6-7,9-12,20H,4-5,8H2,1-3H3,(H,29,31). The summed E-state index contributed by atoms with van der Waals surface area (Å²) >= 11 is 13.0. The van der Waals surface area contributed by atoms with Crippen LogP contribution in [0.1, 0.15) is 46.8 Å². The van der Waals surface area contributed by atoms with E-state index in [0.717, 1.165) is 24.6 Å². The van der Waals surface area contributed by atoms with Gasteiger partial charge < -0.3 is 10.2 Å². The fourth-order valence-corrected chi connectivity index (χ4v) is 5.35. The minimum Gasteiger partial charge on any atom is -0.373 e. The van der Waals surface area contributed by atoms with Crippen LogP contribution in [0.4, 0.5) is 13.2 Å². The van der Waals surface area contributed by atoms with E-state index < -0.39 is 17.0 Å². The van der Waals surface area contributed by atoms with Gasteiger partial charge in [0.05, 0.1) is 0 Å². The van der Waals surface area contributed by atoms with Crippen LogP contribution in [0.2, 0.25) is 10.0 Å². The summed E-state index contributed by atoms with van der Waals surface area (Å²) in [5.74, 6) is -0.225. The van der Waals surface area contributed by atoms with Crippen molar-refractivity contribution < 1.29 is 22.8 Å². The number of benzene rings is 2. The number of halogens is 5. The Labute approximate surface area is 204 Å². The summed E-state index contributed by atoms with van der Waals surface area (Å²) in [7, 11) is 0. The highest BCUT2D eigenvalue weighted by Gasteiger charge is 2.68. The largest absolute Gasteiger partial charge is 0.436 e. The molecule has 0 radical (unpaired) electrons. The number of carbonyl (C=O) groups is 1. The first kappa shape index (κ1) is 25.7. The maximum Gasteiger partial charge on any atom is 0.436 e. The molecule has 3 rings (SSSR count). The molecule has 0 aromatic heterocycles. The zero-order chi connectivity index (χ0) is 24.4. The van der Waals surface area contributed by atoms with Crippen LogP contribution in [0.15, 0.2) is 41.6 Å². The number of hydrogen-bond donors (Lipinski definition) is 1. The van der Waals surface area contributed by atoms with Crippen molar-refractivity contribution >= 4 is 46.6 Å². The summed E-state index contributed by atoms with van der Waals surface area (Å²) in [5.41, 5.74) is -1.35. The van der Waals surface area contributed by atoms with E-state index in [1.165, 1.54) is 18.2 Å². The number of rotatable bonds is 7. The second-order valence-electron chi connectivity index (χ2n) is 7.71. The molecule has 0 aliphatic carbocycles. The molecule has 0 spiro atoms. The zero-order valence-electron chi connectivity index (χ0n) is 18.2. The van der Waals surface area contributed by atoms with Gasteiger partial charge in [0.2, 0.25) is 0 Å². The number of nitrogens with one attached hydrogen (secondary N) is 1. The molecule has 0 saturated carbocycles. The average molecular weight is 519 g/mol. The number of carbonyl (C=O) groups excluding carboxylic acids is 1. The molecule has 4 nitrogen and oxygen atoms in total. The number of hydrogen-bond acceptors (Lipinski definition) is 4. The molecule has 2 aromatic rings. The molecule has 0 saturated heterocycles. The van der Waals surface area contributed by atoms with Gasteiger partial charge in [0.1, 0.15) is 11.0 Å². The van der Waals surface area contributed by atoms with E-state index >= 15 is 0 Å². The third-order valence-corrected chi connectivity index (χ3v) is 6.90. The molecule has 2 unspecified atom stereocenters. The number of nitrogens with zero attached hydrogens (tertiary/aromatic N) is 1. The van der Waals surface area contributed by atoms with E-state index in [2.05, 4.69) is 10.5 Å². The molecule has 2 atom stereocenters. The Bertz CT molecular complexity index is 1060. The van der Waals surface area contributed by atoms with Gasteiger partial charge in [0.15, 0.2) is 0 Å². The van der Waals surface area contributed by atoms with Gasteiger partial charge in [0.25, 0.3) is 11.5 Å². The number of oxime groups is 1. The Hall–Kier alpha value is -1.90. The zero-order valence-corrected chi connectivity index (χ0v) is 20.6. The van der Waals surface area contributed by atoms with Crippen molar-refractivity contribution in [1.29, 1.82) is 0 Å². The molecule has 0 fully saturated rings. The number of aryl methyl sites for hydroxylation is 1. The second-order valence-corrected chi connectivity index (χ2v) is 9.53. The number of unbranched alkanes of at least 4 members (excludes halogenated alkanes) is 1. The molecule has 1 heterocycles. The normalized spacial score (nSPS) is 20.4. The molecular weight excluding hydrogens is 496 g/mol. The Morgan fingerprint density at radius 1 is 1.21 bits per heavy atom.